The van der Waals surface area contributed by atoms with E-state index in [9.17, 15) is 18.4 Å². The van der Waals surface area contributed by atoms with Crippen molar-refractivity contribution in [1.29, 1.82) is 5.26 Å². The van der Waals surface area contributed by atoms with E-state index in [1.807, 2.05) is 25.1 Å². The van der Waals surface area contributed by atoms with E-state index in [4.69, 9.17) is 16.9 Å². The van der Waals surface area contributed by atoms with Crippen LogP contribution in [0, 0.1) is 11.3 Å². The summed E-state index contributed by atoms with van der Waals surface area (Å²) in [7, 11) is 0. The molecule has 2 heterocycles. The van der Waals surface area contributed by atoms with Crippen molar-refractivity contribution in [2.75, 3.05) is 13.1 Å². The summed E-state index contributed by atoms with van der Waals surface area (Å²) in [4.78, 5) is 29.9. The number of likely N-dealkylation sites (tertiary alicyclic amines) is 1. The Morgan fingerprint density at radius 3 is 2.71 bits per heavy atom. The number of benzene rings is 1. The fraction of sp³-hybridized carbons (Fsp3) is 0.273. The lowest BCUT2D eigenvalue weighted by atomic mass is 10.0. The number of aromatic nitrogens is 1. The van der Waals surface area contributed by atoms with Crippen LogP contribution >= 0.6 is 11.6 Å². The summed E-state index contributed by atoms with van der Waals surface area (Å²) >= 11 is 5.90. The van der Waals surface area contributed by atoms with Crippen molar-refractivity contribution in [3.05, 3.63) is 64.4 Å². The van der Waals surface area contributed by atoms with Crippen LogP contribution in [0.25, 0.3) is 11.6 Å². The molecule has 31 heavy (non-hydrogen) atoms. The molecule has 0 aliphatic carbocycles. The molecule has 2 amide bonds. The van der Waals surface area contributed by atoms with Crippen LogP contribution in [0.3, 0.4) is 0 Å². The minimum Gasteiger partial charge on any atom is -0.343 e. The molecule has 0 bridgehead atoms. The molecule has 1 unspecified atom stereocenters. The third-order valence-corrected chi connectivity index (χ3v) is 5.14. The lowest BCUT2D eigenvalue weighted by molar-refractivity contribution is -0.131. The van der Waals surface area contributed by atoms with Gasteiger partial charge in [0.05, 0.1) is 19.2 Å². The Morgan fingerprint density at radius 2 is 2.03 bits per heavy atom. The van der Waals surface area contributed by atoms with Crippen LogP contribution in [-0.4, -0.2) is 46.8 Å². The highest BCUT2D eigenvalue weighted by Gasteiger charge is 2.47. The molecule has 1 aromatic carbocycles. The zero-order valence-corrected chi connectivity index (χ0v) is 17.4. The van der Waals surface area contributed by atoms with Crippen LogP contribution in [0.15, 0.2) is 42.7 Å². The molecule has 9 heteroatoms. The predicted molar refractivity (Wildman–Crippen MR) is 112 cm³/mol. The number of allylic oxidation sites excluding steroid dienone is 1. The topological polar surface area (TPSA) is 86.1 Å². The van der Waals surface area contributed by atoms with Gasteiger partial charge in [-0.2, -0.15) is 5.26 Å². The van der Waals surface area contributed by atoms with Gasteiger partial charge in [0.2, 0.25) is 5.91 Å². The highest BCUT2D eigenvalue weighted by Crippen LogP contribution is 2.31. The van der Waals surface area contributed by atoms with Gasteiger partial charge in [-0.1, -0.05) is 29.8 Å². The van der Waals surface area contributed by atoms with Gasteiger partial charge < -0.3 is 10.2 Å². The molecule has 2 aromatic rings. The average Bonchev–Trinajstić information content (AvgIpc) is 3.08. The van der Waals surface area contributed by atoms with Crippen LogP contribution in [0.1, 0.15) is 34.8 Å². The summed E-state index contributed by atoms with van der Waals surface area (Å²) in [5, 5.41) is 12.1. The van der Waals surface area contributed by atoms with Crippen molar-refractivity contribution in [3.63, 3.8) is 0 Å². The summed E-state index contributed by atoms with van der Waals surface area (Å²) in [6.45, 7) is 0.496. The van der Waals surface area contributed by atoms with Crippen LogP contribution < -0.4 is 5.32 Å². The lowest BCUT2D eigenvalue weighted by Crippen LogP contribution is -2.43. The van der Waals surface area contributed by atoms with Crippen LogP contribution in [0.5, 0.6) is 0 Å². The van der Waals surface area contributed by atoms with E-state index in [1.165, 1.54) is 18.5 Å². The second-order valence-corrected chi connectivity index (χ2v) is 7.65. The number of amides is 2. The number of nitriles is 1. The Morgan fingerprint density at radius 1 is 1.32 bits per heavy atom. The number of carbonyl (C=O) groups excluding carboxylic acids is 2. The first kappa shape index (κ1) is 22.4. The normalized spacial score (nSPS) is 17.8. The van der Waals surface area contributed by atoms with Crippen LogP contribution in [0.4, 0.5) is 8.78 Å². The maximum Gasteiger partial charge on any atom is 0.268 e. The molecule has 1 saturated heterocycles. The van der Waals surface area contributed by atoms with Gasteiger partial charge in [-0.25, -0.2) is 8.78 Å². The minimum absolute atomic E-state index is 0.286. The molecule has 3 rings (SSSR count). The van der Waals surface area contributed by atoms with Crippen molar-refractivity contribution >= 4 is 35.1 Å². The van der Waals surface area contributed by atoms with Crippen molar-refractivity contribution in [2.24, 2.45) is 0 Å². The largest absolute Gasteiger partial charge is 0.343 e. The molecule has 1 fully saturated rings. The fourth-order valence-electron chi connectivity index (χ4n) is 3.34. The number of hydrogen-bond donors (Lipinski definition) is 1. The van der Waals surface area contributed by atoms with Gasteiger partial charge in [-0.05, 0) is 36.3 Å². The number of nitrogens with one attached hydrogen (secondary N) is 1. The van der Waals surface area contributed by atoms with E-state index in [1.54, 1.807) is 18.2 Å². The Hall–Kier alpha value is -3.31. The SMILES string of the molecule is C/C(=C\c1ccc(Cl)cc1)c1cnccc1C(=O)NCC(=O)N1CC(F)(F)CC1C#N. The van der Waals surface area contributed by atoms with Crippen molar-refractivity contribution in [2.45, 2.75) is 25.3 Å². The summed E-state index contributed by atoms with van der Waals surface area (Å²) in [6.07, 6.45) is 4.14. The van der Waals surface area contributed by atoms with E-state index in [0.717, 1.165) is 16.0 Å². The average molecular weight is 445 g/mol. The summed E-state index contributed by atoms with van der Waals surface area (Å²) in [5.41, 5.74) is 2.49. The minimum atomic E-state index is -3.11. The summed E-state index contributed by atoms with van der Waals surface area (Å²) < 4.78 is 27.1. The Labute approximate surface area is 183 Å². The number of pyridine rings is 1. The zero-order valence-electron chi connectivity index (χ0n) is 16.6. The van der Waals surface area contributed by atoms with Crippen molar-refractivity contribution < 1.29 is 18.4 Å². The van der Waals surface area contributed by atoms with Gasteiger partial charge in [0.15, 0.2) is 0 Å². The Bertz CT molecular complexity index is 1060. The number of alkyl halides is 2. The number of rotatable bonds is 5. The highest BCUT2D eigenvalue weighted by molar-refractivity contribution is 6.30. The first-order valence-corrected chi connectivity index (χ1v) is 9.81. The first-order chi connectivity index (χ1) is 14.7. The zero-order chi connectivity index (χ0) is 22.6. The monoisotopic (exact) mass is 444 g/mol. The molecule has 1 atom stereocenters. The maximum atomic E-state index is 13.5. The van der Waals surface area contributed by atoms with E-state index in [0.29, 0.717) is 10.6 Å². The Kier molecular flexibility index (Phi) is 6.66. The summed E-state index contributed by atoms with van der Waals surface area (Å²) in [6, 6.07) is 9.17. The Balaban J connectivity index is 1.72. The molecular weight excluding hydrogens is 426 g/mol. The van der Waals surface area contributed by atoms with Gasteiger partial charge in [0.1, 0.15) is 6.04 Å². The smallest absolute Gasteiger partial charge is 0.268 e. The maximum absolute atomic E-state index is 13.5. The third kappa shape index (κ3) is 5.44. The fourth-order valence-corrected chi connectivity index (χ4v) is 3.47. The molecule has 1 N–H and O–H groups in total. The van der Waals surface area contributed by atoms with E-state index < -0.39 is 43.3 Å². The van der Waals surface area contributed by atoms with Gasteiger partial charge in [-0.15, -0.1) is 0 Å². The predicted octanol–water partition coefficient (Wildman–Crippen LogP) is 3.79. The molecule has 1 aromatic heterocycles. The van der Waals surface area contributed by atoms with Gasteiger partial charge in [0, 0.05) is 35.0 Å². The standard InChI is InChI=1S/C22H19ClF2N4O2/c1-14(8-15-2-4-16(23)5-3-15)19-11-27-7-6-18(19)21(31)28-12-20(30)29-13-22(24,25)9-17(29)10-26/h2-8,11,17H,9,12-13H2,1H3,(H,28,31)/b14-8+. The number of nitrogens with zero attached hydrogens (tertiary/aromatic N) is 3. The van der Waals surface area contributed by atoms with Crippen molar-refractivity contribution in [1.82, 2.24) is 15.2 Å². The summed E-state index contributed by atoms with van der Waals surface area (Å²) in [5.74, 6) is -4.39. The van der Waals surface area contributed by atoms with Crippen LogP contribution in [-0.2, 0) is 4.79 Å². The quantitative estimate of drug-likeness (QED) is 0.760. The molecule has 1 aliphatic heterocycles. The second kappa shape index (κ2) is 9.23. The molecule has 0 spiro atoms. The molecular formula is C22H19ClF2N4O2. The van der Waals surface area contributed by atoms with E-state index in [2.05, 4.69) is 10.3 Å². The third-order valence-electron chi connectivity index (χ3n) is 4.88. The molecule has 6 nitrogen and oxygen atoms in total. The molecule has 0 saturated carbocycles. The van der Waals surface area contributed by atoms with Gasteiger partial charge in [-0.3, -0.25) is 14.6 Å². The van der Waals surface area contributed by atoms with E-state index >= 15 is 0 Å². The van der Waals surface area contributed by atoms with Gasteiger partial charge in [0.25, 0.3) is 11.8 Å². The number of carbonyl (C=O) groups is 2. The number of hydrogen-bond acceptors (Lipinski definition) is 4. The lowest BCUT2D eigenvalue weighted by Gasteiger charge is -2.19. The van der Waals surface area contributed by atoms with Crippen LogP contribution in [0.2, 0.25) is 5.02 Å². The van der Waals surface area contributed by atoms with Crippen molar-refractivity contribution in [3.8, 4) is 6.07 Å². The van der Waals surface area contributed by atoms with E-state index in [-0.39, 0.29) is 5.56 Å². The molecule has 0 radical (unpaired) electrons. The molecule has 1 aliphatic rings. The molecule has 160 valence electrons. The van der Waals surface area contributed by atoms with Gasteiger partial charge >= 0.3 is 0 Å². The highest BCUT2D eigenvalue weighted by atomic mass is 35.5. The number of halogens is 3. The first-order valence-electron chi connectivity index (χ1n) is 9.43. The second-order valence-electron chi connectivity index (χ2n) is 7.21.